The molecule has 3 nitrogen and oxygen atoms in total. The smallest absolute Gasteiger partial charge is 0.154 e. The van der Waals surface area contributed by atoms with Crippen LogP contribution < -0.4 is 5.73 Å². The number of benzene rings is 1. The lowest BCUT2D eigenvalue weighted by Gasteiger charge is -2.10. The second-order valence-electron chi connectivity index (χ2n) is 5.06. The average Bonchev–Trinajstić information content (AvgIpc) is 2.75. The highest BCUT2D eigenvalue weighted by Crippen LogP contribution is 2.27. The summed E-state index contributed by atoms with van der Waals surface area (Å²) >= 11 is 0. The Labute approximate surface area is 107 Å². The van der Waals surface area contributed by atoms with Crippen LogP contribution in [-0.4, -0.2) is 14.2 Å². The summed E-state index contributed by atoms with van der Waals surface area (Å²) in [5.74, 6) is -0.142. The Morgan fingerprint density at radius 3 is 2.56 bits per heavy atom. The number of hydrogen-bond donors (Lipinski definition) is 1. The molecule has 0 bridgehead atoms. The van der Waals surface area contributed by atoms with Crippen molar-refractivity contribution in [3.05, 3.63) is 29.6 Å². The van der Waals surface area contributed by atoms with Gasteiger partial charge in [-0.15, -0.1) is 0 Å². The highest BCUT2D eigenvalue weighted by Gasteiger charge is 2.23. The quantitative estimate of drug-likeness (QED) is 0.856. The van der Waals surface area contributed by atoms with Crippen molar-refractivity contribution in [2.45, 2.75) is 31.4 Å². The van der Waals surface area contributed by atoms with E-state index in [9.17, 15) is 12.8 Å². The van der Waals surface area contributed by atoms with Gasteiger partial charge < -0.3 is 5.73 Å². The van der Waals surface area contributed by atoms with Crippen LogP contribution in [0.25, 0.3) is 0 Å². The number of halogens is 1. The minimum atomic E-state index is -3.16. The van der Waals surface area contributed by atoms with E-state index in [0.717, 1.165) is 25.7 Å². The van der Waals surface area contributed by atoms with Gasteiger partial charge in [-0.25, -0.2) is 12.8 Å². The van der Waals surface area contributed by atoms with E-state index >= 15 is 0 Å². The van der Waals surface area contributed by atoms with Gasteiger partial charge in [0.1, 0.15) is 5.82 Å². The molecule has 0 heterocycles. The van der Waals surface area contributed by atoms with Crippen LogP contribution in [0.2, 0.25) is 0 Å². The molecule has 5 heteroatoms. The molecule has 0 spiro atoms. The van der Waals surface area contributed by atoms with Crippen LogP contribution in [-0.2, 0) is 15.6 Å². The molecule has 0 saturated heterocycles. The van der Waals surface area contributed by atoms with Crippen LogP contribution in [0.3, 0.4) is 0 Å². The lowest BCUT2D eigenvalue weighted by molar-refractivity contribution is 0.558. The van der Waals surface area contributed by atoms with Crippen molar-refractivity contribution in [1.29, 1.82) is 0 Å². The second-order valence-corrected chi connectivity index (χ2v) is 7.17. The van der Waals surface area contributed by atoms with Crippen molar-refractivity contribution in [2.75, 3.05) is 11.5 Å². The Morgan fingerprint density at radius 1 is 1.28 bits per heavy atom. The third-order valence-electron chi connectivity index (χ3n) is 3.42. The third-order valence-corrected chi connectivity index (χ3v) is 5.17. The maximum atomic E-state index is 13.2. The SMILES string of the molecule is Nc1ccc(CS(=O)(=O)CC2CCCC2)cc1F. The van der Waals surface area contributed by atoms with Gasteiger partial charge in [-0.1, -0.05) is 18.9 Å². The maximum absolute atomic E-state index is 13.2. The lowest BCUT2D eigenvalue weighted by Crippen LogP contribution is -2.16. The minimum Gasteiger partial charge on any atom is -0.396 e. The van der Waals surface area contributed by atoms with Gasteiger partial charge in [0.15, 0.2) is 9.84 Å². The summed E-state index contributed by atoms with van der Waals surface area (Å²) < 4.78 is 37.2. The number of sulfone groups is 1. The Bertz CT molecular complexity index is 522. The van der Waals surface area contributed by atoms with Crippen molar-refractivity contribution in [2.24, 2.45) is 5.92 Å². The van der Waals surface area contributed by atoms with E-state index in [4.69, 9.17) is 5.73 Å². The van der Waals surface area contributed by atoms with Crippen molar-refractivity contribution < 1.29 is 12.8 Å². The van der Waals surface area contributed by atoms with Crippen molar-refractivity contribution in [3.8, 4) is 0 Å². The van der Waals surface area contributed by atoms with Gasteiger partial charge in [-0.05, 0) is 36.5 Å². The van der Waals surface area contributed by atoms with Crippen LogP contribution in [0.4, 0.5) is 10.1 Å². The number of nitrogens with two attached hydrogens (primary N) is 1. The van der Waals surface area contributed by atoms with Crippen LogP contribution in [0, 0.1) is 11.7 Å². The summed E-state index contributed by atoms with van der Waals surface area (Å²) in [5, 5.41) is 0. The highest BCUT2D eigenvalue weighted by molar-refractivity contribution is 7.90. The van der Waals surface area contributed by atoms with E-state index < -0.39 is 15.7 Å². The first kappa shape index (κ1) is 13.3. The molecule has 2 N–H and O–H groups in total. The monoisotopic (exact) mass is 271 g/mol. The zero-order valence-electron chi connectivity index (χ0n) is 10.2. The fourth-order valence-electron chi connectivity index (χ4n) is 2.51. The maximum Gasteiger partial charge on any atom is 0.154 e. The molecule has 2 rings (SSSR count). The molecule has 0 atom stereocenters. The van der Waals surface area contributed by atoms with E-state index in [2.05, 4.69) is 0 Å². The highest BCUT2D eigenvalue weighted by atomic mass is 32.2. The van der Waals surface area contributed by atoms with Gasteiger partial charge in [-0.2, -0.15) is 0 Å². The summed E-state index contributed by atoms with van der Waals surface area (Å²) in [6.07, 6.45) is 4.23. The number of anilines is 1. The van der Waals surface area contributed by atoms with E-state index in [1.165, 1.54) is 12.1 Å². The normalized spacial score (nSPS) is 17.2. The first-order valence-corrected chi connectivity index (χ1v) is 8.03. The molecular weight excluding hydrogens is 253 g/mol. The number of rotatable bonds is 4. The largest absolute Gasteiger partial charge is 0.396 e. The molecule has 100 valence electrons. The van der Waals surface area contributed by atoms with Crippen LogP contribution >= 0.6 is 0 Å². The van der Waals surface area contributed by atoms with Gasteiger partial charge in [-0.3, -0.25) is 0 Å². The molecule has 1 saturated carbocycles. The molecule has 1 aromatic carbocycles. The third kappa shape index (κ3) is 3.45. The van der Waals surface area contributed by atoms with E-state index in [-0.39, 0.29) is 23.1 Å². The van der Waals surface area contributed by atoms with Crippen molar-refractivity contribution in [3.63, 3.8) is 0 Å². The Hall–Kier alpha value is -1.10. The molecule has 0 amide bonds. The van der Waals surface area contributed by atoms with Crippen molar-refractivity contribution >= 4 is 15.5 Å². The lowest BCUT2D eigenvalue weighted by atomic mass is 10.1. The zero-order chi connectivity index (χ0) is 13.2. The molecule has 0 radical (unpaired) electrons. The van der Waals surface area contributed by atoms with Gasteiger partial charge >= 0.3 is 0 Å². The molecule has 0 aliphatic heterocycles. The van der Waals surface area contributed by atoms with Crippen molar-refractivity contribution in [1.82, 2.24) is 0 Å². The summed E-state index contributed by atoms with van der Waals surface area (Å²) in [4.78, 5) is 0. The van der Waals surface area contributed by atoms with E-state index in [0.29, 0.717) is 5.56 Å². The molecule has 1 aliphatic carbocycles. The summed E-state index contributed by atoms with van der Waals surface area (Å²) in [7, 11) is -3.16. The van der Waals surface area contributed by atoms with Gasteiger partial charge in [0.25, 0.3) is 0 Å². The predicted molar refractivity (Wildman–Crippen MR) is 70.3 cm³/mol. The molecule has 18 heavy (non-hydrogen) atoms. The fraction of sp³-hybridized carbons (Fsp3) is 0.538. The van der Waals surface area contributed by atoms with Gasteiger partial charge in [0.2, 0.25) is 0 Å². The van der Waals surface area contributed by atoms with Gasteiger partial charge in [0, 0.05) is 0 Å². The Balaban J connectivity index is 2.04. The number of hydrogen-bond acceptors (Lipinski definition) is 3. The topological polar surface area (TPSA) is 60.2 Å². The second kappa shape index (κ2) is 5.26. The molecule has 1 aliphatic rings. The van der Waals surface area contributed by atoms with E-state index in [1.807, 2.05) is 0 Å². The zero-order valence-corrected chi connectivity index (χ0v) is 11.0. The molecular formula is C13H18FNO2S. The first-order valence-electron chi connectivity index (χ1n) is 6.20. The predicted octanol–water partition coefficient (Wildman–Crippen LogP) is 2.51. The standard InChI is InChI=1S/C13H18FNO2S/c14-12-7-11(5-6-13(12)15)9-18(16,17)8-10-3-1-2-4-10/h5-7,10H,1-4,8-9,15H2. The fourth-order valence-corrected chi connectivity index (χ4v) is 4.37. The van der Waals surface area contributed by atoms with Crippen LogP contribution in [0.15, 0.2) is 18.2 Å². The Morgan fingerprint density at radius 2 is 1.94 bits per heavy atom. The summed E-state index contributed by atoms with van der Waals surface area (Å²) in [6, 6.07) is 4.20. The molecule has 1 fully saturated rings. The summed E-state index contributed by atoms with van der Waals surface area (Å²) in [6.45, 7) is 0. The van der Waals surface area contributed by atoms with Gasteiger partial charge in [0.05, 0.1) is 17.2 Å². The first-order chi connectivity index (χ1) is 8.46. The molecule has 0 aromatic heterocycles. The van der Waals surface area contributed by atoms with Crippen LogP contribution in [0.1, 0.15) is 31.2 Å². The average molecular weight is 271 g/mol. The van der Waals surface area contributed by atoms with Crippen LogP contribution in [0.5, 0.6) is 0 Å². The summed E-state index contributed by atoms with van der Waals surface area (Å²) in [5.41, 5.74) is 5.88. The molecule has 1 aromatic rings. The minimum absolute atomic E-state index is 0.0481. The number of nitrogen functional groups attached to an aromatic ring is 1. The van der Waals surface area contributed by atoms with E-state index in [1.54, 1.807) is 6.07 Å². The Kier molecular flexibility index (Phi) is 3.90. The molecule has 0 unspecified atom stereocenters.